The number of likely N-dealkylation sites (N-methyl/N-ethyl adjacent to an activating group) is 1. The van der Waals surface area contributed by atoms with Gasteiger partial charge in [-0.1, -0.05) is 12.1 Å². The average molecular weight is 501 g/mol. The van der Waals surface area contributed by atoms with E-state index in [4.69, 9.17) is 9.84 Å². The molecule has 2 N–H and O–H groups in total. The maximum absolute atomic E-state index is 15.0. The maximum Gasteiger partial charge on any atom is 0.298 e. The number of hydrogen-bond acceptors (Lipinski definition) is 6. The van der Waals surface area contributed by atoms with Crippen LogP contribution in [0.2, 0.25) is 0 Å². The summed E-state index contributed by atoms with van der Waals surface area (Å²) in [5.41, 5.74) is 0.890. The van der Waals surface area contributed by atoms with Gasteiger partial charge in [0.1, 0.15) is 12.4 Å². The fourth-order valence-electron chi connectivity index (χ4n) is 5.37. The Morgan fingerprint density at radius 1 is 1.22 bits per heavy atom. The molecule has 1 fully saturated rings. The first kappa shape index (κ1) is 24.5. The normalized spacial score (nSPS) is 18.1. The zero-order valence-corrected chi connectivity index (χ0v) is 20.2. The summed E-state index contributed by atoms with van der Waals surface area (Å²) in [6, 6.07) is 6.83. The predicted octanol–water partition coefficient (Wildman–Crippen LogP) is 4.36. The van der Waals surface area contributed by atoms with Crippen LogP contribution in [0.5, 0.6) is 0 Å². The number of amides is 1. The number of fused-ring (bicyclic) bond motifs is 3. The highest BCUT2D eigenvalue weighted by Gasteiger charge is 2.50. The van der Waals surface area contributed by atoms with Gasteiger partial charge in [-0.05, 0) is 50.5 Å². The molecule has 0 saturated carbocycles. The molecule has 0 unspecified atom stereocenters. The zero-order chi connectivity index (χ0) is 25.8. The lowest BCUT2D eigenvalue weighted by Crippen LogP contribution is -2.42. The smallest absolute Gasteiger partial charge is 0.298 e. The number of nitrogens with zero attached hydrogens (tertiary/aromatic N) is 3. The number of aliphatic hydroxyl groups excluding tert-OH is 1. The lowest BCUT2D eigenvalue weighted by molar-refractivity contribution is -0.126. The molecule has 2 aliphatic rings. The van der Waals surface area contributed by atoms with Gasteiger partial charge in [-0.15, -0.1) is 5.10 Å². The summed E-state index contributed by atoms with van der Waals surface area (Å²) in [6.07, 6.45) is 1.20. The summed E-state index contributed by atoms with van der Waals surface area (Å²) in [5.74, 6) is -4.42. The molecule has 190 valence electrons. The van der Waals surface area contributed by atoms with E-state index < -0.39 is 35.4 Å². The van der Waals surface area contributed by atoms with Gasteiger partial charge >= 0.3 is 0 Å². The van der Waals surface area contributed by atoms with E-state index in [1.807, 2.05) is 19.1 Å². The molecule has 5 rings (SSSR count). The summed E-state index contributed by atoms with van der Waals surface area (Å²) in [6.45, 7) is 2.98. The molecule has 1 aromatic heterocycles. The summed E-state index contributed by atoms with van der Waals surface area (Å²) in [4.78, 5) is 15.0. The lowest BCUT2D eigenvalue weighted by atomic mass is 9.74. The molecule has 0 radical (unpaired) electrons. The molecule has 0 bridgehead atoms. The topological polar surface area (TPSA) is 87.6 Å². The highest BCUT2D eigenvalue weighted by atomic mass is 19.3. The highest BCUT2D eigenvalue weighted by Crippen LogP contribution is 2.49. The van der Waals surface area contributed by atoms with Crippen molar-refractivity contribution in [3.8, 4) is 0 Å². The molecule has 3 aromatic rings. The Bertz CT molecular complexity index is 1360. The second-order valence-corrected chi connectivity index (χ2v) is 9.54. The van der Waals surface area contributed by atoms with Crippen molar-refractivity contribution in [2.75, 3.05) is 37.1 Å². The third-order valence-corrected chi connectivity index (χ3v) is 7.46. The molecule has 36 heavy (non-hydrogen) atoms. The fraction of sp³-hybridized carbons (Fsp3) is 0.423. The maximum atomic E-state index is 15.0. The van der Waals surface area contributed by atoms with Gasteiger partial charge in [-0.25, -0.2) is 4.39 Å². The molecule has 1 spiro atoms. The first-order valence-corrected chi connectivity index (χ1v) is 11.8. The van der Waals surface area contributed by atoms with Crippen LogP contribution in [0.1, 0.15) is 48.2 Å². The number of rotatable bonds is 5. The fourth-order valence-corrected chi connectivity index (χ4v) is 5.37. The number of halogens is 3. The number of carbonyl (C=O) groups excluding carboxylic acids is 1. The SMILES string of the molecule is Cc1nnc(N[C@H](C)c2cccc(C(F)(F)CO)c2F)c2cc3c(cc12)C1(CCOCC1)C(=O)N3C. The van der Waals surface area contributed by atoms with Crippen molar-refractivity contribution in [1.29, 1.82) is 0 Å². The van der Waals surface area contributed by atoms with E-state index in [0.29, 0.717) is 43.0 Å². The van der Waals surface area contributed by atoms with Gasteiger partial charge in [0.2, 0.25) is 5.91 Å². The van der Waals surface area contributed by atoms with Crippen LogP contribution in [0, 0.1) is 12.7 Å². The van der Waals surface area contributed by atoms with Crippen LogP contribution in [-0.2, 0) is 20.9 Å². The molecular formula is C26H27F3N4O3. The third-order valence-electron chi connectivity index (χ3n) is 7.46. The average Bonchev–Trinajstić information content (AvgIpc) is 3.06. The van der Waals surface area contributed by atoms with Gasteiger partial charge in [0.15, 0.2) is 5.82 Å². The molecule has 7 nitrogen and oxygen atoms in total. The van der Waals surface area contributed by atoms with Crippen LogP contribution in [0.3, 0.4) is 0 Å². The van der Waals surface area contributed by atoms with Crippen LogP contribution in [-0.4, -0.2) is 48.1 Å². The Morgan fingerprint density at radius 3 is 2.64 bits per heavy atom. The van der Waals surface area contributed by atoms with Crippen LogP contribution in [0.15, 0.2) is 30.3 Å². The quantitative estimate of drug-likeness (QED) is 0.542. The van der Waals surface area contributed by atoms with Crippen LogP contribution < -0.4 is 10.2 Å². The van der Waals surface area contributed by atoms with Gasteiger partial charge in [-0.2, -0.15) is 13.9 Å². The lowest BCUT2D eigenvalue weighted by Gasteiger charge is -2.32. The first-order valence-electron chi connectivity index (χ1n) is 11.8. The molecule has 1 amide bonds. The molecule has 3 heterocycles. The summed E-state index contributed by atoms with van der Waals surface area (Å²) in [5, 5.41) is 22.1. The van der Waals surface area contributed by atoms with E-state index in [0.717, 1.165) is 22.7 Å². The van der Waals surface area contributed by atoms with Crippen molar-refractivity contribution in [1.82, 2.24) is 10.2 Å². The molecule has 2 aliphatic heterocycles. The van der Waals surface area contributed by atoms with Crippen molar-refractivity contribution in [3.05, 3.63) is 58.5 Å². The number of anilines is 2. The number of aliphatic hydroxyl groups is 1. The van der Waals surface area contributed by atoms with Crippen molar-refractivity contribution in [2.24, 2.45) is 0 Å². The highest BCUT2D eigenvalue weighted by molar-refractivity contribution is 6.11. The van der Waals surface area contributed by atoms with Crippen LogP contribution >= 0.6 is 0 Å². The van der Waals surface area contributed by atoms with Gasteiger partial charge < -0.3 is 20.1 Å². The van der Waals surface area contributed by atoms with Crippen molar-refractivity contribution in [3.63, 3.8) is 0 Å². The van der Waals surface area contributed by atoms with Crippen molar-refractivity contribution < 1.29 is 27.8 Å². The largest absolute Gasteiger partial charge is 0.390 e. The van der Waals surface area contributed by atoms with Crippen molar-refractivity contribution >= 4 is 28.2 Å². The van der Waals surface area contributed by atoms with Gasteiger partial charge in [-0.3, -0.25) is 4.79 Å². The number of benzene rings is 2. The number of nitrogens with one attached hydrogen (secondary N) is 1. The molecule has 2 aromatic carbocycles. The summed E-state index contributed by atoms with van der Waals surface area (Å²) < 4.78 is 48.6. The summed E-state index contributed by atoms with van der Waals surface area (Å²) in [7, 11) is 1.75. The Hall–Kier alpha value is -3.24. The van der Waals surface area contributed by atoms with E-state index >= 15 is 4.39 Å². The van der Waals surface area contributed by atoms with Gasteiger partial charge in [0.25, 0.3) is 5.92 Å². The van der Waals surface area contributed by atoms with E-state index in [1.54, 1.807) is 18.9 Å². The van der Waals surface area contributed by atoms with Gasteiger partial charge in [0.05, 0.1) is 22.7 Å². The minimum absolute atomic E-state index is 0.00534. The number of ether oxygens (including phenoxy) is 1. The number of hydrogen-bond donors (Lipinski definition) is 2. The monoisotopic (exact) mass is 500 g/mol. The minimum atomic E-state index is -3.70. The van der Waals surface area contributed by atoms with Crippen LogP contribution in [0.4, 0.5) is 24.7 Å². The Labute approximate surface area is 206 Å². The van der Waals surface area contributed by atoms with Crippen molar-refractivity contribution in [2.45, 2.75) is 44.1 Å². The van der Waals surface area contributed by atoms with E-state index in [-0.39, 0.29) is 11.5 Å². The Kier molecular flexibility index (Phi) is 5.91. The van der Waals surface area contributed by atoms with Gasteiger partial charge in [0, 0.05) is 42.3 Å². The molecular weight excluding hydrogens is 473 g/mol. The first-order chi connectivity index (χ1) is 17.1. The Balaban J connectivity index is 1.58. The summed E-state index contributed by atoms with van der Waals surface area (Å²) >= 11 is 0. The molecule has 1 atom stereocenters. The Morgan fingerprint density at radius 2 is 1.94 bits per heavy atom. The van der Waals surface area contributed by atoms with E-state index in [2.05, 4.69) is 15.5 Å². The molecule has 10 heteroatoms. The second kappa shape index (κ2) is 8.70. The standard InChI is InChI=1S/C26H27F3N4O3/c1-14(16-5-4-6-19(22(16)27)26(28,29)13-34)30-23-18-12-21-20(11-17(18)15(2)31-32-23)25(24(35)33(21)3)7-9-36-10-8-25/h4-6,11-12,14,34H,7-10,13H2,1-3H3,(H,30,32)/t14-/m1/s1. The minimum Gasteiger partial charge on any atom is -0.390 e. The third kappa shape index (κ3) is 3.62. The number of aryl methyl sites for hydroxylation is 1. The number of carbonyl (C=O) groups is 1. The zero-order valence-electron chi connectivity index (χ0n) is 20.2. The van der Waals surface area contributed by atoms with Crippen LogP contribution in [0.25, 0.3) is 10.8 Å². The number of alkyl halides is 2. The van der Waals surface area contributed by atoms with E-state index in [1.165, 1.54) is 12.1 Å². The molecule has 1 saturated heterocycles. The number of aromatic nitrogens is 2. The second-order valence-electron chi connectivity index (χ2n) is 9.54. The van der Waals surface area contributed by atoms with E-state index in [9.17, 15) is 13.6 Å². The molecule has 0 aliphatic carbocycles. The predicted molar refractivity (Wildman–Crippen MR) is 129 cm³/mol.